The Morgan fingerprint density at radius 2 is 1.94 bits per heavy atom. The van der Waals surface area contributed by atoms with Crippen LogP contribution in [0.3, 0.4) is 0 Å². The molecule has 11 heteroatoms. The zero-order valence-corrected chi connectivity index (χ0v) is 21.0. The van der Waals surface area contributed by atoms with Gasteiger partial charge in [-0.05, 0) is 37.1 Å². The Kier molecular flexibility index (Phi) is 7.84. The zero-order valence-electron chi connectivity index (χ0n) is 17.8. The highest BCUT2D eigenvalue weighted by molar-refractivity contribution is 9.10. The number of H-pyrrole nitrogens is 1. The number of aromatic nitrogens is 3. The topological polar surface area (TPSA) is 108 Å². The molecule has 2 heterocycles. The first-order chi connectivity index (χ1) is 15.9. The number of benzene rings is 2. The predicted octanol–water partition coefficient (Wildman–Crippen LogP) is 3.54. The van der Waals surface area contributed by atoms with Crippen LogP contribution in [0.4, 0.5) is 0 Å². The number of halogens is 1. The van der Waals surface area contributed by atoms with Crippen LogP contribution in [-0.4, -0.2) is 59.2 Å². The highest BCUT2D eigenvalue weighted by Gasteiger charge is 2.33. The van der Waals surface area contributed by atoms with Gasteiger partial charge in [0.15, 0.2) is 5.82 Å². The minimum Gasteiger partial charge on any atom is -0.355 e. The van der Waals surface area contributed by atoms with Crippen molar-refractivity contribution < 1.29 is 13.2 Å². The summed E-state index contributed by atoms with van der Waals surface area (Å²) in [6.07, 6.45) is 1.33. The molecule has 0 unspecified atom stereocenters. The van der Waals surface area contributed by atoms with Crippen molar-refractivity contribution >= 4 is 43.6 Å². The minimum atomic E-state index is -3.62. The molecular weight excluding hydrogens is 526 g/mol. The summed E-state index contributed by atoms with van der Waals surface area (Å²) in [5.74, 6) is 0.843. The van der Waals surface area contributed by atoms with Gasteiger partial charge in [-0.15, -0.1) is 5.10 Å². The lowest BCUT2D eigenvalue weighted by molar-refractivity contribution is -0.125. The molecule has 2 N–H and O–H groups in total. The quantitative estimate of drug-likeness (QED) is 0.328. The molecule has 1 aliphatic heterocycles. The van der Waals surface area contributed by atoms with E-state index in [1.807, 2.05) is 30.3 Å². The number of piperidine rings is 1. The predicted molar refractivity (Wildman–Crippen MR) is 131 cm³/mol. The van der Waals surface area contributed by atoms with E-state index in [0.29, 0.717) is 42.7 Å². The molecule has 33 heavy (non-hydrogen) atoms. The molecule has 0 radical (unpaired) electrons. The number of sulfonamides is 1. The van der Waals surface area contributed by atoms with Crippen molar-refractivity contribution in [3.05, 3.63) is 59.1 Å². The third-order valence-corrected chi connectivity index (χ3v) is 8.61. The van der Waals surface area contributed by atoms with Gasteiger partial charge in [0.25, 0.3) is 0 Å². The lowest BCUT2D eigenvalue weighted by atomic mass is 9.99. The summed E-state index contributed by atoms with van der Waals surface area (Å²) in [6.45, 7) is 1.07. The lowest BCUT2D eigenvalue weighted by Gasteiger charge is -2.31. The van der Waals surface area contributed by atoms with Gasteiger partial charge in [-0.1, -0.05) is 58.0 Å². The number of aromatic amines is 1. The zero-order chi connectivity index (χ0) is 23.3. The molecule has 0 bridgehead atoms. The molecule has 1 atom stereocenters. The summed E-state index contributed by atoms with van der Waals surface area (Å²) in [6, 6.07) is 16.3. The second kappa shape index (κ2) is 10.8. The van der Waals surface area contributed by atoms with Crippen LogP contribution >= 0.6 is 27.7 Å². The van der Waals surface area contributed by atoms with E-state index in [4.69, 9.17) is 0 Å². The standard InChI is InChI=1S/C22H24BrN5O3S2/c23-18-8-10-19(11-9-18)33(30,31)28-13-4-7-17(15-28)21(29)24-12-14-32-22-25-20(26-27-22)16-5-2-1-3-6-16/h1-3,5-6,8-11,17H,4,7,12-15H2,(H,24,29)(H,25,26,27)/t17-/m1/s1. The van der Waals surface area contributed by atoms with E-state index in [0.717, 1.165) is 10.0 Å². The Morgan fingerprint density at radius 1 is 1.18 bits per heavy atom. The molecule has 1 fully saturated rings. The molecule has 0 spiro atoms. The third kappa shape index (κ3) is 6.03. The van der Waals surface area contributed by atoms with Gasteiger partial charge in [-0.3, -0.25) is 9.89 Å². The number of rotatable bonds is 8. The lowest BCUT2D eigenvalue weighted by Crippen LogP contribution is -2.45. The van der Waals surface area contributed by atoms with E-state index in [1.165, 1.54) is 16.1 Å². The molecule has 0 saturated carbocycles. The molecule has 1 saturated heterocycles. The monoisotopic (exact) mass is 549 g/mol. The van der Waals surface area contributed by atoms with E-state index in [2.05, 4.69) is 36.4 Å². The fourth-order valence-electron chi connectivity index (χ4n) is 3.63. The Morgan fingerprint density at radius 3 is 2.70 bits per heavy atom. The summed E-state index contributed by atoms with van der Waals surface area (Å²) in [7, 11) is -3.62. The number of carbonyl (C=O) groups excluding carboxylic acids is 1. The van der Waals surface area contributed by atoms with E-state index in [-0.39, 0.29) is 23.3 Å². The van der Waals surface area contributed by atoms with Gasteiger partial charge in [0, 0.05) is 35.4 Å². The number of thioether (sulfide) groups is 1. The molecule has 174 valence electrons. The average Bonchev–Trinajstić information content (AvgIpc) is 3.32. The summed E-state index contributed by atoms with van der Waals surface area (Å²) < 4.78 is 28.1. The number of hydrogen-bond acceptors (Lipinski definition) is 6. The van der Waals surface area contributed by atoms with E-state index in [9.17, 15) is 13.2 Å². The first kappa shape index (κ1) is 23.9. The van der Waals surface area contributed by atoms with Crippen molar-refractivity contribution in [2.75, 3.05) is 25.4 Å². The molecule has 1 aromatic heterocycles. The minimum absolute atomic E-state index is 0.119. The smallest absolute Gasteiger partial charge is 0.243 e. The van der Waals surface area contributed by atoms with Crippen molar-refractivity contribution in [3.8, 4) is 11.4 Å². The molecule has 1 amide bonds. The Balaban J connectivity index is 1.26. The number of nitrogens with one attached hydrogen (secondary N) is 2. The maximum atomic E-state index is 12.9. The molecule has 0 aliphatic carbocycles. The van der Waals surface area contributed by atoms with Crippen molar-refractivity contribution in [2.45, 2.75) is 22.9 Å². The second-order valence-electron chi connectivity index (χ2n) is 7.63. The Bertz CT molecular complexity index is 1190. The normalized spacial score (nSPS) is 17.1. The van der Waals surface area contributed by atoms with Gasteiger partial charge in [0.2, 0.25) is 21.1 Å². The Labute approximate surface area is 205 Å². The third-order valence-electron chi connectivity index (χ3n) is 5.35. The van der Waals surface area contributed by atoms with Gasteiger partial charge < -0.3 is 5.32 Å². The van der Waals surface area contributed by atoms with Crippen LogP contribution in [0.5, 0.6) is 0 Å². The van der Waals surface area contributed by atoms with Gasteiger partial charge in [0.1, 0.15) is 0 Å². The summed E-state index contributed by atoms with van der Waals surface area (Å²) in [5.41, 5.74) is 0.963. The average molecular weight is 551 g/mol. The SMILES string of the molecule is O=C(NCCSc1n[nH]c(-c2ccccc2)n1)[C@@H]1CCCN(S(=O)(=O)c2ccc(Br)cc2)C1. The van der Waals surface area contributed by atoms with Crippen molar-refractivity contribution in [2.24, 2.45) is 5.92 Å². The number of amides is 1. The Hall–Kier alpha value is -2.21. The molecule has 4 rings (SSSR count). The van der Waals surface area contributed by atoms with E-state index >= 15 is 0 Å². The van der Waals surface area contributed by atoms with Gasteiger partial charge in [0.05, 0.1) is 10.8 Å². The van der Waals surface area contributed by atoms with Gasteiger partial charge in [-0.2, -0.15) is 4.31 Å². The van der Waals surface area contributed by atoms with Gasteiger partial charge in [-0.25, -0.2) is 13.4 Å². The fraction of sp³-hybridized carbons (Fsp3) is 0.318. The van der Waals surface area contributed by atoms with Crippen LogP contribution in [0.2, 0.25) is 0 Å². The first-order valence-corrected chi connectivity index (χ1v) is 13.8. The fourth-order valence-corrected chi connectivity index (χ4v) is 6.07. The summed E-state index contributed by atoms with van der Waals surface area (Å²) in [4.78, 5) is 17.4. The van der Waals surface area contributed by atoms with Crippen LogP contribution in [-0.2, 0) is 14.8 Å². The van der Waals surface area contributed by atoms with Crippen molar-refractivity contribution in [3.63, 3.8) is 0 Å². The number of nitrogens with zero attached hydrogens (tertiary/aromatic N) is 3. The molecule has 8 nitrogen and oxygen atoms in total. The first-order valence-electron chi connectivity index (χ1n) is 10.6. The van der Waals surface area contributed by atoms with Crippen LogP contribution in [0, 0.1) is 5.92 Å². The van der Waals surface area contributed by atoms with Crippen LogP contribution in [0.25, 0.3) is 11.4 Å². The van der Waals surface area contributed by atoms with Crippen LogP contribution < -0.4 is 5.32 Å². The second-order valence-corrected chi connectivity index (χ2v) is 11.5. The maximum Gasteiger partial charge on any atom is 0.243 e. The summed E-state index contributed by atoms with van der Waals surface area (Å²) >= 11 is 4.77. The van der Waals surface area contributed by atoms with Crippen molar-refractivity contribution in [1.82, 2.24) is 24.8 Å². The maximum absolute atomic E-state index is 12.9. The molecule has 3 aromatic rings. The van der Waals surface area contributed by atoms with Crippen LogP contribution in [0.15, 0.2) is 69.1 Å². The van der Waals surface area contributed by atoms with E-state index < -0.39 is 10.0 Å². The summed E-state index contributed by atoms with van der Waals surface area (Å²) in [5, 5.41) is 10.7. The van der Waals surface area contributed by atoms with Crippen molar-refractivity contribution in [1.29, 1.82) is 0 Å². The highest BCUT2D eigenvalue weighted by atomic mass is 79.9. The highest BCUT2D eigenvalue weighted by Crippen LogP contribution is 2.25. The largest absolute Gasteiger partial charge is 0.355 e. The molecular formula is C22H24BrN5O3S2. The van der Waals surface area contributed by atoms with Crippen LogP contribution in [0.1, 0.15) is 12.8 Å². The molecule has 2 aromatic carbocycles. The number of carbonyl (C=O) groups is 1. The van der Waals surface area contributed by atoms with Gasteiger partial charge >= 0.3 is 0 Å². The van der Waals surface area contributed by atoms with E-state index in [1.54, 1.807) is 24.3 Å². The number of hydrogen-bond donors (Lipinski definition) is 2. The molecule has 1 aliphatic rings.